The minimum Gasteiger partial charge on any atom is -0.464 e. The highest BCUT2D eigenvalue weighted by molar-refractivity contribution is 7.98. The first-order valence-corrected chi connectivity index (χ1v) is 10.8. The van der Waals surface area contributed by atoms with Crippen LogP contribution < -0.4 is 10.9 Å². The minimum atomic E-state index is -0.0975. The van der Waals surface area contributed by atoms with Crippen LogP contribution in [0.5, 0.6) is 0 Å². The van der Waals surface area contributed by atoms with Crippen molar-refractivity contribution >= 4 is 17.7 Å². The third kappa shape index (κ3) is 6.80. The molecule has 0 saturated heterocycles. The zero-order chi connectivity index (χ0) is 20.6. The summed E-state index contributed by atoms with van der Waals surface area (Å²) in [4.78, 5) is 21.6. The number of hydrogen-bond donors (Lipinski definition) is 2. The summed E-state index contributed by atoms with van der Waals surface area (Å²) in [6.45, 7) is 3.58. The number of aryl methyl sites for hydroxylation is 1. The molecule has 29 heavy (non-hydrogen) atoms. The van der Waals surface area contributed by atoms with Crippen molar-refractivity contribution in [2.24, 2.45) is 0 Å². The predicted octanol–water partition coefficient (Wildman–Crippen LogP) is 3.67. The van der Waals surface area contributed by atoms with Crippen LogP contribution >= 0.6 is 11.8 Å². The van der Waals surface area contributed by atoms with E-state index in [4.69, 9.17) is 4.42 Å². The SMILES string of the molecule is Cc1ccc(Cc2cnc(NCCSCc3ccc(CN(C)C)o3)[nH]c2=O)cc1. The van der Waals surface area contributed by atoms with Crippen LogP contribution in [0.4, 0.5) is 5.95 Å². The van der Waals surface area contributed by atoms with Crippen molar-refractivity contribution in [1.82, 2.24) is 14.9 Å². The number of thioether (sulfide) groups is 1. The van der Waals surface area contributed by atoms with E-state index in [2.05, 4.69) is 32.3 Å². The van der Waals surface area contributed by atoms with Crippen molar-refractivity contribution in [3.8, 4) is 0 Å². The first-order chi connectivity index (χ1) is 14.0. The van der Waals surface area contributed by atoms with Gasteiger partial charge in [-0.1, -0.05) is 29.8 Å². The Bertz CT molecular complexity index is 963. The number of rotatable bonds is 10. The number of aromatic nitrogens is 2. The smallest absolute Gasteiger partial charge is 0.255 e. The lowest BCUT2D eigenvalue weighted by Gasteiger charge is -2.07. The van der Waals surface area contributed by atoms with Gasteiger partial charge in [-0.2, -0.15) is 11.8 Å². The number of nitrogens with zero attached hydrogens (tertiary/aromatic N) is 2. The average molecular weight is 413 g/mol. The zero-order valence-corrected chi connectivity index (χ0v) is 18.0. The molecule has 0 atom stereocenters. The quantitative estimate of drug-likeness (QED) is 0.495. The highest BCUT2D eigenvalue weighted by atomic mass is 32.2. The minimum absolute atomic E-state index is 0.0975. The largest absolute Gasteiger partial charge is 0.464 e. The Morgan fingerprint density at radius 1 is 1.14 bits per heavy atom. The highest BCUT2D eigenvalue weighted by Gasteiger charge is 2.05. The fourth-order valence-electron chi connectivity index (χ4n) is 2.87. The van der Waals surface area contributed by atoms with Gasteiger partial charge in [-0.05, 0) is 38.7 Å². The van der Waals surface area contributed by atoms with Crippen LogP contribution in [0.15, 0.2) is 51.8 Å². The fourth-order valence-corrected chi connectivity index (χ4v) is 3.62. The van der Waals surface area contributed by atoms with Crippen molar-refractivity contribution in [1.29, 1.82) is 0 Å². The standard InChI is InChI=1S/C22H28N4O2S/c1-16-4-6-17(7-5-16)12-18-13-24-22(25-21(18)27)23-10-11-29-15-20-9-8-19(28-20)14-26(2)3/h4-9,13H,10-12,14-15H2,1-3H3,(H2,23,24,25,27). The molecular weight excluding hydrogens is 384 g/mol. The number of furan rings is 1. The van der Waals surface area contributed by atoms with Crippen LogP contribution in [0.1, 0.15) is 28.2 Å². The van der Waals surface area contributed by atoms with Crippen LogP contribution in [-0.4, -0.2) is 41.3 Å². The van der Waals surface area contributed by atoms with E-state index >= 15 is 0 Å². The van der Waals surface area contributed by atoms with Crippen LogP contribution in [-0.2, 0) is 18.7 Å². The average Bonchev–Trinajstić information content (AvgIpc) is 3.12. The summed E-state index contributed by atoms with van der Waals surface area (Å²) in [6, 6.07) is 12.2. The van der Waals surface area contributed by atoms with E-state index in [9.17, 15) is 4.79 Å². The molecule has 3 aromatic rings. The highest BCUT2D eigenvalue weighted by Crippen LogP contribution is 2.16. The van der Waals surface area contributed by atoms with E-state index in [0.29, 0.717) is 17.9 Å². The van der Waals surface area contributed by atoms with Crippen molar-refractivity contribution in [2.75, 3.05) is 31.7 Å². The maximum Gasteiger partial charge on any atom is 0.255 e. The van der Waals surface area contributed by atoms with E-state index in [1.807, 2.05) is 45.3 Å². The topological polar surface area (TPSA) is 74.2 Å². The Balaban J connectivity index is 1.41. The number of aromatic amines is 1. The summed E-state index contributed by atoms with van der Waals surface area (Å²) in [5, 5.41) is 3.18. The molecule has 1 aromatic carbocycles. The molecule has 7 heteroatoms. The van der Waals surface area contributed by atoms with E-state index in [0.717, 1.165) is 41.7 Å². The van der Waals surface area contributed by atoms with Crippen LogP contribution in [0, 0.1) is 6.92 Å². The van der Waals surface area contributed by atoms with E-state index in [-0.39, 0.29) is 5.56 Å². The van der Waals surface area contributed by atoms with Gasteiger partial charge in [0.2, 0.25) is 5.95 Å². The van der Waals surface area contributed by atoms with Gasteiger partial charge in [0.1, 0.15) is 11.5 Å². The summed E-state index contributed by atoms with van der Waals surface area (Å²) < 4.78 is 5.80. The van der Waals surface area contributed by atoms with Gasteiger partial charge in [-0.25, -0.2) is 4.98 Å². The molecular formula is C22H28N4O2S. The Morgan fingerprint density at radius 2 is 1.90 bits per heavy atom. The van der Waals surface area contributed by atoms with Crippen molar-refractivity contribution in [3.63, 3.8) is 0 Å². The van der Waals surface area contributed by atoms with Gasteiger partial charge in [0, 0.05) is 30.5 Å². The van der Waals surface area contributed by atoms with Gasteiger partial charge < -0.3 is 14.6 Å². The fraction of sp³-hybridized carbons (Fsp3) is 0.364. The van der Waals surface area contributed by atoms with Gasteiger partial charge in [0.15, 0.2) is 0 Å². The molecule has 0 fully saturated rings. The van der Waals surface area contributed by atoms with E-state index in [1.165, 1.54) is 5.56 Å². The summed E-state index contributed by atoms with van der Waals surface area (Å²) in [6.07, 6.45) is 2.24. The van der Waals surface area contributed by atoms with Crippen molar-refractivity contribution < 1.29 is 4.42 Å². The van der Waals surface area contributed by atoms with Crippen molar-refractivity contribution in [3.05, 3.63) is 81.2 Å². The summed E-state index contributed by atoms with van der Waals surface area (Å²) in [5.41, 5.74) is 2.88. The summed E-state index contributed by atoms with van der Waals surface area (Å²) in [5.74, 6) is 4.19. The molecule has 0 aliphatic carbocycles. The zero-order valence-electron chi connectivity index (χ0n) is 17.2. The number of anilines is 1. The molecule has 154 valence electrons. The molecule has 2 N–H and O–H groups in total. The van der Waals surface area contributed by atoms with Gasteiger partial charge in [-0.3, -0.25) is 9.78 Å². The molecule has 2 heterocycles. The Labute approximate surface area is 175 Å². The first kappa shape index (κ1) is 21.2. The number of H-pyrrole nitrogens is 1. The molecule has 3 rings (SSSR count). The lowest BCUT2D eigenvalue weighted by molar-refractivity contribution is 0.344. The lowest BCUT2D eigenvalue weighted by atomic mass is 10.1. The monoisotopic (exact) mass is 412 g/mol. The molecule has 0 radical (unpaired) electrons. The molecule has 0 saturated carbocycles. The van der Waals surface area contributed by atoms with Crippen LogP contribution in [0.3, 0.4) is 0 Å². The molecule has 0 amide bonds. The Hall–Kier alpha value is -2.51. The number of nitrogens with one attached hydrogen (secondary N) is 2. The number of benzene rings is 1. The summed E-state index contributed by atoms with van der Waals surface area (Å²) >= 11 is 1.78. The Morgan fingerprint density at radius 3 is 2.62 bits per heavy atom. The first-order valence-electron chi connectivity index (χ1n) is 9.67. The second-order valence-electron chi connectivity index (χ2n) is 7.33. The lowest BCUT2D eigenvalue weighted by Crippen LogP contribution is -2.18. The second kappa shape index (κ2) is 10.3. The predicted molar refractivity (Wildman–Crippen MR) is 120 cm³/mol. The summed E-state index contributed by atoms with van der Waals surface area (Å²) in [7, 11) is 4.05. The van der Waals surface area contributed by atoms with Crippen LogP contribution in [0.25, 0.3) is 0 Å². The maximum absolute atomic E-state index is 12.3. The number of hydrogen-bond acceptors (Lipinski definition) is 6. The van der Waals surface area contributed by atoms with Crippen LogP contribution in [0.2, 0.25) is 0 Å². The van der Waals surface area contributed by atoms with E-state index < -0.39 is 0 Å². The molecule has 0 unspecified atom stereocenters. The molecule has 0 aliphatic heterocycles. The molecule has 0 bridgehead atoms. The van der Waals surface area contributed by atoms with Gasteiger partial charge >= 0.3 is 0 Å². The molecule has 2 aromatic heterocycles. The Kier molecular flexibility index (Phi) is 7.55. The molecule has 6 nitrogen and oxygen atoms in total. The van der Waals surface area contributed by atoms with Gasteiger partial charge in [-0.15, -0.1) is 0 Å². The van der Waals surface area contributed by atoms with Crippen molar-refractivity contribution in [2.45, 2.75) is 25.6 Å². The molecule has 0 spiro atoms. The normalized spacial score (nSPS) is 11.2. The van der Waals surface area contributed by atoms with Gasteiger partial charge in [0.25, 0.3) is 5.56 Å². The second-order valence-corrected chi connectivity index (χ2v) is 8.44. The third-order valence-electron chi connectivity index (χ3n) is 4.36. The van der Waals surface area contributed by atoms with Gasteiger partial charge in [0.05, 0.1) is 12.3 Å². The third-order valence-corrected chi connectivity index (χ3v) is 5.34. The van der Waals surface area contributed by atoms with E-state index in [1.54, 1.807) is 18.0 Å². The molecule has 0 aliphatic rings. The maximum atomic E-state index is 12.3.